The third kappa shape index (κ3) is 6.59. The molecule has 0 saturated heterocycles. The average Bonchev–Trinajstić information content (AvgIpc) is 2.83. The fraction of sp³-hybridized carbons (Fsp3) is 0.259. The molecule has 0 fully saturated rings. The highest BCUT2D eigenvalue weighted by Crippen LogP contribution is 2.19. The molecular weight excluding hydrogens is 414 g/mol. The van der Waals surface area contributed by atoms with Crippen LogP contribution in [0.15, 0.2) is 78.9 Å². The van der Waals surface area contributed by atoms with Crippen molar-refractivity contribution in [3.63, 3.8) is 0 Å². The average molecular weight is 446 g/mol. The summed E-state index contributed by atoms with van der Waals surface area (Å²) < 4.78 is 5.23. The zero-order chi connectivity index (χ0) is 23.8. The molecule has 33 heavy (non-hydrogen) atoms. The van der Waals surface area contributed by atoms with Crippen LogP contribution >= 0.6 is 0 Å². The van der Waals surface area contributed by atoms with E-state index in [4.69, 9.17) is 4.74 Å². The van der Waals surface area contributed by atoms with Crippen LogP contribution in [0.3, 0.4) is 0 Å². The van der Waals surface area contributed by atoms with Crippen molar-refractivity contribution < 1.29 is 14.3 Å². The van der Waals surface area contributed by atoms with Gasteiger partial charge in [0.2, 0.25) is 11.8 Å². The molecule has 0 aliphatic rings. The van der Waals surface area contributed by atoms with E-state index in [0.29, 0.717) is 12.2 Å². The molecule has 0 aliphatic carbocycles. The summed E-state index contributed by atoms with van der Waals surface area (Å²) in [6, 6.07) is 24.0. The summed E-state index contributed by atoms with van der Waals surface area (Å²) in [7, 11) is 5.54. The second-order valence-electron chi connectivity index (χ2n) is 8.14. The molecule has 3 aromatic carbocycles. The molecular formula is C27H31N3O3. The topological polar surface area (TPSA) is 61.9 Å². The fourth-order valence-corrected chi connectivity index (χ4v) is 3.47. The van der Waals surface area contributed by atoms with E-state index in [-0.39, 0.29) is 18.2 Å². The van der Waals surface area contributed by atoms with Crippen molar-refractivity contribution in [2.24, 2.45) is 0 Å². The van der Waals surface area contributed by atoms with Gasteiger partial charge in [-0.3, -0.25) is 9.59 Å². The Morgan fingerprint density at radius 1 is 0.879 bits per heavy atom. The molecule has 1 atom stereocenters. The Bertz CT molecular complexity index is 1050. The lowest BCUT2D eigenvalue weighted by Gasteiger charge is -2.29. The van der Waals surface area contributed by atoms with Crippen LogP contribution in [0.1, 0.15) is 18.1 Å². The molecule has 0 saturated carbocycles. The number of hydrogen-bond donors (Lipinski definition) is 1. The van der Waals surface area contributed by atoms with E-state index in [0.717, 1.165) is 22.6 Å². The number of nitrogens with one attached hydrogen (secondary N) is 1. The van der Waals surface area contributed by atoms with Crippen LogP contribution in [-0.2, 0) is 22.6 Å². The molecule has 172 valence electrons. The van der Waals surface area contributed by atoms with Crippen molar-refractivity contribution in [1.82, 2.24) is 4.90 Å². The third-order valence-corrected chi connectivity index (χ3v) is 5.53. The number of methoxy groups -OCH3 is 1. The van der Waals surface area contributed by atoms with Gasteiger partial charge in [-0.05, 0) is 54.4 Å². The first-order valence-electron chi connectivity index (χ1n) is 10.9. The van der Waals surface area contributed by atoms with Gasteiger partial charge in [0.15, 0.2) is 0 Å². The molecule has 0 heterocycles. The number of carbonyl (C=O) groups is 2. The Morgan fingerprint density at radius 3 is 2.09 bits per heavy atom. The molecule has 1 unspecified atom stereocenters. The molecule has 0 spiro atoms. The van der Waals surface area contributed by atoms with Crippen LogP contribution in [-0.4, -0.2) is 44.0 Å². The van der Waals surface area contributed by atoms with E-state index in [1.54, 1.807) is 18.9 Å². The van der Waals surface area contributed by atoms with Crippen molar-refractivity contribution in [2.75, 3.05) is 31.4 Å². The minimum Gasteiger partial charge on any atom is -0.497 e. The van der Waals surface area contributed by atoms with Gasteiger partial charge in [-0.15, -0.1) is 0 Å². The lowest BCUT2D eigenvalue weighted by atomic mass is 10.1. The van der Waals surface area contributed by atoms with Crippen molar-refractivity contribution >= 4 is 23.2 Å². The summed E-state index contributed by atoms with van der Waals surface area (Å²) in [5.74, 6) is 0.401. The SMILES string of the molecule is COc1ccc(CN(C(=O)Cc2ccccc2)C(C)C(=O)Nc2ccc(N(C)C)cc2)cc1. The quantitative estimate of drug-likeness (QED) is 0.532. The van der Waals surface area contributed by atoms with Gasteiger partial charge in [0.25, 0.3) is 0 Å². The van der Waals surface area contributed by atoms with Gasteiger partial charge in [0.1, 0.15) is 11.8 Å². The summed E-state index contributed by atoms with van der Waals surface area (Å²) in [4.78, 5) is 30.0. The highest BCUT2D eigenvalue weighted by molar-refractivity contribution is 5.97. The maximum Gasteiger partial charge on any atom is 0.246 e. The Kier molecular flexibility index (Phi) is 8.08. The Hall–Kier alpha value is -3.80. The summed E-state index contributed by atoms with van der Waals surface area (Å²) in [5.41, 5.74) is 3.57. The molecule has 0 radical (unpaired) electrons. The molecule has 6 nitrogen and oxygen atoms in total. The molecule has 3 rings (SSSR count). The standard InChI is InChI=1S/C27H31N3O3/c1-20(27(32)28-23-12-14-24(15-13-23)29(2)3)30(19-22-10-16-25(33-4)17-11-22)26(31)18-21-8-6-5-7-9-21/h5-17,20H,18-19H2,1-4H3,(H,28,32). The zero-order valence-corrected chi connectivity index (χ0v) is 19.6. The van der Waals surface area contributed by atoms with Crippen LogP contribution in [0.2, 0.25) is 0 Å². The summed E-state index contributed by atoms with van der Waals surface area (Å²) in [6.45, 7) is 2.08. The summed E-state index contributed by atoms with van der Waals surface area (Å²) in [5, 5.41) is 2.94. The molecule has 2 amide bonds. The second-order valence-corrected chi connectivity index (χ2v) is 8.14. The first-order chi connectivity index (χ1) is 15.9. The molecule has 6 heteroatoms. The highest BCUT2D eigenvalue weighted by atomic mass is 16.5. The number of anilines is 2. The van der Waals surface area contributed by atoms with Crippen molar-refractivity contribution in [2.45, 2.75) is 25.9 Å². The van der Waals surface area contributed by atoms with Crippen molar-refractivity contribution in [3.8, 4) is 5.75 Å². The fourth-order valence-electron chi connectivity index (χ4n) is 3.47. The molecule has 1 N–H and O–H groups in total. The van der Waals surface area contributed by atoms with E-state index in [1.807, 2.05) is 97.9 Å². The van der Waals surface area contributed by atoms with Crippen LogP contribution in [0.4, 0.5) is 11.4 Å². The molecule has 0 aliphatic heterocycles. The van der Waals surface area contributed by atoms with E-state index in [2.05, 4.69) is 5.32 Å². The number of carbonyl (C=O) groups excluding carboxylic acids is 2. The van der Waals surface area contributed by atoms with Crippen LogP contribution in [0.25, 0.3) is 0 Å². The minimum absolute atomic E-state index is 0.109. The van der Waals surface area contributed by atoms with Crippen LogP contribution < -0.4 is 15.0 Å². The molecule has 0 bridgehead atoms. The van der Waals surface area contributed by atoms with Gasteiger partial charge in [0.05, 0.1) is 13.5 Å². The predicted octanol–water partition coefficient (Wildman–Crippen LogP) is 4.36. The van der Waals surface area contributed by atoms with Gasteiger partial charge in [-0.1, -0.05) is 42.5 Å². The third-order valence-electron chi connectivity index (χ3n) is 5.53. The predicted molar refractivity (Wildman–Crippen MR) is 133 cm³/mol. The number of nitrogens with zero attached hydrogens (tertiary/aromatic N) is 2. The van der Waals surface area contributed by atoms with Gasteiger partial charge < -0.3 is 19.9 Å². The Balaban J connectivity index is 1.78. The van der Waals surface area contributed by atoms with Crippen molar-refractivity contribution in [3.05, 3.63) is 90.0 Å². The van der Waals surface area contributed by atoms with Crippen molar-refractivity contribution in [1.29, 1.82) is 0 Å². The maximum absolute atomic E-state index is 13.3. The van der Waals surface area contributed by atoms with Gasteiger partial charge >= 0.3 is 0 Å². The summed E-state index contributed by atoms with van der Waals surface area (Å²) >= 11 is 0. The number of benzene rings is 3. The van der Waals surface area contributed by atoms with Gasteiger partial charge in [0, 0.05) is 32.0 Å². The van der Waals surface area contributed by atoms with E-state index >= 15 is 0 Å². The van der Waals surface area contributed by atoms with Crippen LogP contribution in [0.5, 0.6) is 5.75 Å². The highest BCUT2D eigenvalue weighted by Gasteiger charge is 2.26. The lowest BCUT2D eigenvalue weighted by molar-refractivity contribution is -0.138. The first kappa shape index (κ1) is 23.9. The summed E-state index contributed by atoms with van der Waals surface area (Å²) in [6.07, 6.45) is 0.228. The molecule has 0 aromatic heterocycles. The zero-order valence-electron chi connectivity index (χ0n) is 19.6. The normalized spacial score (nSPS) is 11.4. The van der Waals surface area contributed by atoms with E-state index < -0.39 is 6.04 Å². The van der Waals surface area contributed by atoms with E-state index in [9.17, 15) is 9.59 Å². The number of amides is 2. The largest absolute Gasteiger partial charge is 0.497 e. The lowest BCUT2D eigenvalue weighted by Crippen LogP contribution is -2.45. The first-order valence-corrected chi connectivity index (χ1v) is 10.9. The van der Waals surface area contributed by atoms with E-state index in [1.165, 1.54) is 0 Å². The molecule has 3 aromatic rings. The smallest absolute Gasteiger partial charge is 0.246 e. The van der Waals surface area contributed by atoms with Gasteiger partial charge in [-0.25, -0.2) is 0 Å². The number of hydrogen-bond acceptors (Lipinski definition) is 4. The van der Waals surface area contributed by atoms with Gasteiger partial charge in [-0.2, -0.15) is 0 Å². The minimum atomic E-state index is -0.656. The Morgan fingerprint density at radius 2 is 1.52 bits per heavy atom. The number of ether oxygens (including phenoxy) is 1. The van der Waals surface area contributed by atoms with Crippen LogP contribution in [0, 0.1) is 0 Å². The second kappa shape index (κ2) is 11.2. The maximum atomic E-state index is 13.3. The monoisotopic (exact) mass is 445 g/mol. The number of rotatable bonds is 9. The Labute approximate surface area is 195 Å².